The van der Waals surface area contributed by atoms with Crippen LogP contribution in [-0.4, -0.2) is 27.1 Å². The molecular weight excluding hydrogens is 527 g/mol. The van der Waals surface area contributed by atoms with Gasteiger partial charge in [-0.25, -0.2) is 4.99 Å². The Morgan fingerprint density at radius 3 is 2.48 bits per heavy atom. The molecule has 0 amide bonds. The number of halogens is 1. The summed E-state index contributed by atoms with van der Waals surface area (Å²) in [6.07, 6.45) is 1.96. The summed E-state index contributed by atoms with van der Waals surface area (Å²) in [5.74, 6) is 1.58. The number of aromatic nitrogens is 3. The lowest BCUT2D eigenvalue weighted by molar-refractivity contribution is 0.107. The Hall–Kier alpha value is -2.98. The Balaban J connectivity index is 0.00000306. The van der Waals surface area contributed by atoms with E-state index in [0.717, 1.165) is 35.1 Å². The van der Waals surface area contributed by atoms with Gasteiger partial charge in [0.05, 0.1) is 26.3 Å². The zero-order valence-electron chi connectivity index (χ0n) is 18.6. The average Bonchev–Trinajstić information content (AvgIpc) is 3.25. The van der Waals surface area contributed by atoms with Crippen molar-refractivity contribution in [3.63, 3.8) is 0 Å². The molecule has 4 aromatic rings. The van der Waals surface area contributed by atoms with E-state index in [1.165, 1.54) is 5.56 Å². The molecule has 172 valence electrons. The van der Waals surface area contributed by atoms with Crippen LogP contribution in [0, 0.1) is 0 Å². The van der Waals surface area contributed by atoms with Gasteiger partial charge in [-0.05, 0) is 35.7 Å². The first-order valence-corrected chi connectivity index (χ1v) is 10.8. The number of ether oxygens (including phenoxy) is 1. The van der Waals surface area contributed by atoms with E-state index in [4.69, 9.17) is 9.73 Å². The molecule has 2 heterocycles. The standard InChI is InChI=1S/C25H28N6O.HI/c1-2-26-25(28-17-24-30-29-23-13-6-7-14-31(23)24)27-16-21-11-8-12-22(15-21)19-32-18-20-9-4-3-5-10-20;/h3-15H,2,16-19H2,1H3,(H2,26,27,28);1H. The van der Waals surface area contributed by atoms with E-state index in [2.05, 4.69) is 57.2 Å². The first-order valence-electron chi connectivity index (χ1n) is 10.8. The smallest absolute Gasteiger partial charge is 0.191 e. The van der Waals surface area contributed by atoms with Crippen LogP contribution in [0.1, 0.15) is 29.4 Å². The molecule has 0 fully saturated rings. The van der Waals surface area contributed by atoms with Gasteiger partial charge in [-0.15, -0.1) is 34.2 Å². The third-order valence-corrected chi connectivity index (χ3v) is 4.93. The highest BCUT2D eigenvalue weighted by Crippen LogP contribution is 2.10. The molecule has 0 bridgehead atoms. The van der Waals surface area contributed by atoms with Crippen molar-refractivity contribution in [3.05, 3.63) is 102 Å². The molecule has 0 aliphatic rings. The van der Waals surface area contributed by atoms with Crippen molar-refractivity contribution in [3.8, 4) is 0 Å². The Bertz CT molecular complexity index is 1160. The van der Waals surface area contributed by atoms with Gasteiger partial charge in [0.1, 0.15) is 0 Å². The fourth-order valence-corrected chi connectivity index (χ4v) is 3.37. The molecule has 0 saturated heterocycles. The molecule has 7 nitrogen and oxygen atoms in total. The molecule has 0 aliphatic carbocycles. The number of aliphatic imine (C=N–C) groups is 1. The van der Waals surface area contributed by atoms with Crippen LogP contribution in [-0.2, 0) is 31.0 Å². The van der Waals surface area contributed by atoms with E-state index in [-0.39, 0.29) is 24.0 Å². The zero-order valence-corrected chi connectivity index (χ0v) is 21.0. The quantitative estimate of drug-likeness (QED) is 0.183. The summed E-state index contributed by atoms with van der Waals surface area (Å²) in [5, 5.41) is 15.1. The van der Waals surface area contributed by atoms with Crippen molar-refractivity contribution >= 4 is 35.6 Å². The molecule has 2 aromatic heterocycles. The van der Waals surface area contributed by atoms with E-state index < -0.39 is 0 Å². The summed E-state index contributed by atoms with van der Waals surface area (Å²) in [6, 6.07) is 24.4. The van der Waals surface area contributed by atoms with Crippen molar-refractivity contribution < 1.29 is 4.74 Å². The van der Waals surface area contributed by atoms with E-state index in [1.807, 2.05) is 53.9 Å². The molecule has 0 spiro atoms. The largest absolute Gasteiger partial charge is 0.372 e. The number of hydrogen-bond donors (Lipinski definition) is 2. The van der Waals surface area contributed by atoms with Crippen LogP contribution in [0.15, 0.2) is 84.0 Å². The van der Waals surface area contributed by atoms with E-state index in [9.17, 15) is 0 Å². The van der Waals surface area contributed by atoms with Gasteiger partial charge in [-0.3, -0.25) is 4.40 Å². The lowest BCUT2D eigenvalue weighted by Gasteiger charge is -2.11. The van der Waals surface area contributed by atoms with Crippen molar-refractivity contribution in [2.45, 2.75) is 33.2 Å². The number of nitrogens with zero attached hydrogens (tertiary/aromatic N) is 4. The van der Waals surface area contributed by atoms with Gasteiger partial charge in [-0.1, -0.05) is 60.7 Å². The molecule has 8 heteroatoms. The molecular formula is C25H29IN6O. The van der Waals surface area contributed by atoms with Crippen LogP contribution in [0.3, 0.4) is 0 Å². The minimum Gasteiger partial charge on any atom is -0.372 e. The van der Waals surface area contributed by atoms with Gasteiger partial charge in [0.2, 0.25) is 0 Å². The van der Waals surface area contributed by atoms with Gasteiger partial charge in [0.25, 0.3) is 0 Å². The molecule has 0 radical (unpaired) electrons. The second-order valence-electron chi connectivity index (χ2n) is 7.39. The summed E-state index contributed by atoms with van der Waals surface area (Å²) in [7, 11) is 0. The highest BCUT2D eigenvalue weighted by molar-refractivity contribution is 14.0. The predicted molar refractivity (Wildman–Crippen MR) is 141 cm³/mol. The lowest BCUT2D eigenvalue weighted by Crippen LogP contribution is -2.37. The predicted octanol–water partition coefficient (Wildman–Crippen LogP) is 4.32. The highest BCUT2D eigenvalue weighted by Gasteiger charge is 2.06. The maximum atomic E-state index is 5.86. The summed E-state index contributed by atoms with van der Waals surface area (Å²) < 4.78 is 7.83. The summed E-state index contributed by atoms with van der Waals surface area (Å²) in [4.78, 5) is 4.73. The molecule has 33 heavy (non-hydrogen) atoms. The van der Waals surface area contributed by atoms with Crippen LogP contribution >= 0.6 is 24.0 Å². The number of hydrogen-bond acceptors (Lipinski definition) is 4. The number of guanidine groups is 1. The molecule has 4 rings (SSSR count). The molecule has 0 saturated carbocycles. The number of nitrogens with one attached hydrogen (secondary N) is 2. The second-order valence-corrected chi connectivity index (χ2v) is 7.39. The number of benzene rings is 2. The monoisotopic (exact) mass is 556 g/mol. The van der Waals surface area contributed by atoms with Crippen molar-refractivity contribution in [1.29, 1.82) is 0 Å². The van der Waals surface area contributed by atoms with Gasteiger partial charge in [-0.2, -0.15) is 0 Å². The van der Waals surface area contributed by atoms with Crippen LogP contribution in [0.5, 0.6) is 0 Å². The topological polar surface area (TPSA) is 75.8 Å². The van der Waals surface area contributed by atoms with E-state index in [0.29, 0.717) is 26.3 Å². The Labute approximate surface area is 211 Å². The zero-order chi connectivity index (χ0) is 22.0. The van der Waals surface area contributed by atoms with Crippen LogP contribution in [0.25, 0.3) is 5.65 Å². The minimum absolute atomic E-state index is 0. The Kier molecular flexibility index (Phi) is 9.64. The van der Waals surface area contributed by atoms with E-state index >= 15 is 0 Å². The number of pyridine rings is 1. The molecule has 0 unspecified atom stereocenters. The second kappa shape index (κ2) is 12.9. The van der Waals surface area contributed by atoms with Crippen LogP contribution < -0.4 is 10.6 Å². The van der Waals surface area contributed by atoms with Gasteiger partial charge in [0.15, 0.2) is 17.4 Å². The lowest BCUT2D eigenvalue weighted by atomic mass is 10.1. The summed E-state index contributed by atoms with van der Waals surface area (Å²) >= 11 is 0. The van der Waals surface area contributed by atoms with Crippen LogP contribution in [0.2, 0.25) is 0 Å². The normalized spacial score (nSPS) is 11.2. The van der Waals surface area contributed by atoms with Crippen molar-refractivity contribution in [2.75, 3.05) is 6.54 Å². The molecule has 0 aliphatic heterocycles. The first kappa shape index (κ1) is 24.7. The Morgan fingerprint density at radius 1 is 0.879 bits per heavy atom. The summed E-state index contributed by atoms with van der Waals surface area (Å²) in [6.45, 7) is 5.11. The maximum absolute atomic E-state index is 5.86. The SMILES string of the molecule is CCNC(=NCc1cccc(COCc2ccccc2)c1)NCc1nnc2ccccn12.I. The number of rotatable bonds is 9. The fourth-order valence-electron chi connectivity index (χ4n) is 3.37. The van der Waals surface area contributed by atoms with Crippen molar-refractivity contribution in [1.82, 2.24) is 25.2 Å². The first-order chi connectivity index (χ1) is 15.8. The average molecular weight is 556 g/mol. The molecule has 2 aromatic carbocycles. The minimum atomic E-state index is 0. The van der Waals surface area contributed by atoms with Gasteiger partial charge in [0, 0.05) is 12.7 Å². The van der Waals surface area contributed by atoms with E-state index in [1.54, 1.807) is 0 Å². The summed E-state index contributed by atoms with van der Waals surface area (Å²) in [5.41, 5.74) is 4.28. The highest BCUT2D eigenvalue weighted by atomic mass is 127. The maximum Gasteiger partial charge on any atom is 0.191 e. The van der Waals surface area contributed by atoms with Gasteiger partial charge < -0.3 is 15.4 Å². The Morgan fingerprint density at radius 2 is 1.64 bits per heavy atom. The molecule has 2 N–H and O–H groups in total. The molecule has 0 atom stereocenters. The third kappa shape index (κ3) is 7.26. The van der Waals surface area contributed by atoms with Gasteiger partial charge >= 0.3 is 0 Å². The number of fused-ring (bicyclic) bond motifs is 1. The van der Waals surface area contributed by atoms with Crippen LogP contribution in [0.4, 0.5) is 0 Å². The third-order valence-electron chi connectivity index (χ3n) is 4.93. The van der Waals surface area contributed by atoms with Crippen molar-refractivity contribution in [2.24, 2.45) is 4.99 Å². The fraction of sp³-hybridized carbons (Fsp3) is 0.240.